The van der Waals surface area contributed by atoms with Gasteiger partial charge >= 0.3 is 11.7 Å². The van der Waals surface area contributed by atoms with E-state index in [0.717, 1.165) is 10.1 Å². The molecule has 0 unspecified atom stereocenters. The van der Waals surface area contributed by atoms with Gasteiger partial charge in [0, 0.05) is 0 Å². The van der Waals surface area contributed by atoms with Crippen LogP contribution in [0.2, 0.25) is 0 Å². The zero-order chi connectivity index (χ0) is 25.6. The fourth-order valence-corrected chi connectivity index (χ4v) is 5.46. The van der Waals surface area contributed by atoms with Gasteiger partial charge in [-0.25, -0.2) is 19.1 Å². The largest absolute Gasteiger partial charge is 0.480 e. The minimum absolute atomic E-state index is 0.0663. The van der Waals surface area contributed by atoms with E-state index in [2.05, 4.69) is 4.98 Å². The number of carboxylic acid groups (broad SMARTS) is 1. The van der Waals surface area contributed by atoms with Gasteiger partial charge in [-0.15, -0.1) is 11.3 Å². The molecule has 1 aliphatic rings. The second-order valence-corrected chi connectivity index (χ2v) is 10.2. The topological polar surface area (TPSA) is 126 Å². The summed E-state index contributed by atoms with van der Waals surface area (Å²) in [7, 11) is 0. The lowest BCUT2D eigenvalue weighted by atomic mass is 10.1. The highest BCUT2D eigenvalue weighted by Gasteiger charge is 2.36. The predicted octanol–water partition coefficient (Wildman–Crippen LogP) is 3.16. The third kappa shape index (κ3) is 3.98. The molecule has 1 atom stereocenters. The maximum absolute atomic E-state index is 13.8. The zero-order valence-electron chi connectivity index (χ0n) is 20.0. The summed E-state index contributed by atoms with van der Waals surface area (Å²) in [5.41, 5.74) is -1.77. The summed E-state index contributed by atoms with van der Waals surface area (Å²) in [4.78, 5) is 44.8. The number of hydrogen-bond donors (Lipinski definition) is 1. The van der Waals surface area contributed by atoms with Crippen molar-refractivity contribution in [2.75, 3.05) is 13.2 Å². The molecule has 0 saturated carbocycles. The van der Waals surface area contributed by atoms with E-state index in [1.54, 1.807) is 6.92 Å². The van der Waals surface area contributed by atoms with Crippen LogP contribution in [0.5, 0.6) is 0 Å². The van der Waals surface area contributed by atoms with Gasteiger partial charge in [0.2, 0.25) is 5.89 Å². The third-order valence-corrected chi connectivity index (χ3v) is 7.71. The van der Waals surface area contributed by atoms with E-state index in [-0.39, 0.29) is 18.0 Å². The quantitative estimate of drug-likeness (QED) is 0.382. The number of rotatable bonds is 8. The summed E-state index contributed by atoms with van der Waals surface area (Å²) in [6.07, 6.45) is 2.26. The first-order valence-electron chi connectivity index (χ1n) is 11.4. The summed E-state index contributed by atoms with van der Waals surface area (Å²) in [6.45, 7) is 5.38. The average molecular weight is 512 g/mol. The molecule has 0 amide bonds. The SMILES string of the molecule is Cc1c(-c2ncco2)sc2c1c(=O)n(C(C)(C)C(=O)O)c(=O)n2C[C@H](OC1COC1)c1ccccc1. The monoisotopic (exact) mass is 511 g/mol. The molecule has 36 heavy (non-hydrogen) atoms. The molecule has 1 N–H and O–H groups in total. The molecule has 188 valence electrons. The molecule has 4 aromatic rings. The number of hydrogen-bond acceptors (Lipinski definition) is 8. The number of thiophene rings is 1. The minimum Gasteiger partial charge on any atom is -0.480 e. The Kier molecular flexibility index (Phi) is 6.15. The zero-order valence-corrected chi connectivity index (χ0v) is 20.8. The normalized spacial score (nSPS) is 15.2. The molecular formula is C25H25N3O7S. The molecule has 3 aromatic heterocycles. The van der Waals surface area contributed by atoms with Crippen molar-refractivity contribution < 1.29 is 23.8 Å². The number of aromatic nitrogens is 3. The third-order valence-electron chi connectivity index (χ3n) is 6.41. The van der Waals surface area contributed by atoms with Crippen LogP contribution in [0.15, 0.2) is 56.8 Å². The molecule has 5 rings (SSSR count). The summed E-state index contributed by atoms with van der Waals surface area (Å²) in [5, 5.41) is 10.1. The standard InChI is InChI=1S/C25H25N3O7S/c1-14-18-21(29)28(25(2,3)23(30)31)24(32)27(22(18)36-19(14)20-26-9-10-34-20)11-17(35-16-12-33-13-16)15-7-5-4-6-8-15/h4-10,16-17H,11-13H2,1-3H3,(H,30,31)/t17-/m0/s1. The summed E-state index contributed by atoms with van der Waals surface area (Å²) in [5.74, 6) is -0.977. The van der Waals surface area contributed by atoms with Gasteiger partial charge in [-0.05, 0) is 31.9 Å². The molecule has 0 aliphatic carbocycles. The Bertz CT molecular complexity index is 1530. The summed E-state index contributed by atoms with van der Waals surface area (Å²) >= 11 is 1.21. The number of carbonyl (C=O) groups is 1. The molecule has 0 radical (unpaired) electrons. The second kappa shape index (κ2) is 9.16. The van der Waals surface area contributed by atoms with E-state index in [0.29, 0.717) is 34.4 Å². The Morgan fingerprint density at radius 1 is 1.28 bits per heavy atom. The Morgan fingerprint density at radius 2 is 2.00 bits per heavy atom. The van der Waals surface area contributed by atoms with Gasteiger partial charge in [-0.1, -0.05) is 30.3 Å². The molecule has 1 aliphatic heterocycles. The Balaban J connectivity index is 1.76. The van der Waals surface area contributed by atoms with Crippen LogP contribution in [0.25, 0.3) is 21.0 Å². The van der Waals surface area contributed by atoms with E-state index in [4.69, 9.17) is 13.9 Å². The second-order valence-electron chi connectivity index (χ2n) is 9.17. The number of fused-ring (bicyclic) bond motifs is 1. The first kappa shape index (κ1) is 24.2. The molecule has 0 bridgehead atoms. The number of aliphatic carboxylic acids is 1. The van der Waals surface area contributed by atoms with Gasteiger partial charge in [0.15, 0.2) is 0 Å². The maximum Gasteiger partial charge on any atom is 0.333 e. The van der Waals surface area contributed by atoms with Gasteiger partial charge in [-0.2, -0.15) is 0 Å². The van der Waals surface area contributed by atoms with Crippen LogP contribution in [0.4, 0.5) is 0 Å². The van der Waals surface area contributed by atoms with Crippen molar-refractivity contribution in [3.05, 3.63) is 74.8 Å². The van der Waals surface area contributed by atoms with Crippen molar-refractivity contribution in [1.29, 1.82) is 0 Å². The van der Waals surface area contributed by atoms with Crippen molar-refractivity contribution >= 4 is 27.5 Å². The number of oxazole rings is 1. The molecule has 4 heterocycles. The highest BCUT2D eigenvalue weighted by Crippen LogP contribution is 2.36. The summed E-state index contributed by atoms with van der Waals surface area (Å²) in [6, 6.07) is 9.46. The lowest BCUT2D eigenvalue weighted by Gasteiger charge is -2.31. The van der Waals surface area contributed by atoms with Gasteiger partial charge in [0.05, 0.1) is 36.2 Å². The highest BCUT2D eigenvalue weighted by atomic mass is 32.1. The van der Waals surface area contributed by atoms with E-state index >= 15 is 0 Å². The van der Waals surface area contributed by atoms with E-state index in [1.165, 1.54) is 42.2 Å². The van der Waals surface area contributed by atoms with Gasteiger partial charge in [0.25, 0.3) is 5.56 Å². The van der Waals surface area contributed by atoms with Gasteiger partial charge in [-0.3, -0.25) is 9.36 Å². The maximum atomic E-state index is 13.8. The predicted molar refractivity (Wildman–Crippen MR) is 132 cm³/mol. The van der Waals surface area contributed by atoms with Crippen LogP contribution in [0.3, 0.4) is 0 Å². The first-order valence-corrected chi connectivity index (χ1v) is 12.2. The fourth-order valence-electron chi connectivity index (χ4n) is 4.22. The van der Waals surface area contributed by atoms with Crippen LogP contribution >= 0.6 is 11.3 Å². The number of nitrogens with zero attached hydrogens (tertiary/aromatic N) is 3. The fraction of sp³-hybridized carbons (Fsp3) is 0.360. The number of benzene rings is 1. The number of carboxylic acids is 1. The van der Waals surface area contributed by atoms with Crippen molar-refractivity contribution in [1.82, 2.24) is 14.1 Å². The number of ether oxygens (including phenoxy) is 2. The molecule has 11 heteroatoms. The smallest absolute Gasteiger partial charge is 0.333 e. The van der Waals surface area contributed by atoms with E-state index in [1.807, 2.05) is 30.3 Å². The highest BCUT2D eigenvalue weighted by molar-refractivity contribution is 7.22. The van der Waals surface area contributed by atoms with Crippen molar-refractivity contribution in [3.63, 3.8) is 0 Å². The average Bonchev–Trinajstić information content (AvgIpc) is 3.46. The summed E-state index contributed by atoms with van der Waals surface area (Å²) < 4.78 is 19.3. The Hall–Kier alpha value is -3.54. The molecule has 1 saturated heterocycles. The van der Waals surface area contributed by atoms with Gasteiger partial charge < -0.3 is 19.0 Å². The van der Waals surface area contributed by atoms with Gasteiger partial charge in [0.1, 0.15) is 28.8 Å². The lowest BCUT2D eigenvalue weighted by Crippen LogP contribution is -2.52. The van der Waals surface area contributed by atoms with Crippen LogP contribution < -0.4 is 11.2 Å². The van der Waals surface area contributed by atoms with Crippen LogP contribution in [-0.4, -0.2) is 44.5 Å². The van der Waals surface area contributed by atoms with Crippen LogP contribution in [-0.2, 0) is 26.4 Å². The number of aryl methyl sites for hydroxylation is 1. The van der Waals surface area contributed by atoms with E-state index in [9.17, 15) is 19.5 Å². The van der Waals surface area contributed by atoms with E-state index < -0.39 is 28.9 Å². The molecular weight excluding hydrogens is 486 g/mol. The molecule has 0 spiro atoms. The van der Waals surface area contributed by atoms with Crippen molar-refractivity contribution in [2.45, 2.75) is 45.1 Å². The Morgan fingerprint density at radius 3 is 2.58 bits per heavy atom. The van der Waals surface area contributed by atoms with Crippen molar-refractivity contribution in [3.8, 4) is 10.8 Å². The molecule has 1 fully saturated rings. The molecule has 1 aromatic carbocycles. The van der Waals surface area contributed by atoms with Crippen LogP contribution in [0, 0.1) is 6.92 Å². The van der Waals surface area contributed by atoms with Crippen LogP contribution in [0.1, 0.15) is 31.1 Å². The minimum atomic E-state index is -1.79. The Labute approximate surface area is 209 Å². The van der Waals surface area contributed by atoms with Crippen molar-refractivity contribution in [2.24, 2.45) is 0 Å². The first-order chi connectivity index (χ1) is 17.2. The molecule has 10 nitrogen and oxygen atoms in total. The lowest BCUT2D eigenvalue weighted by molar-refractivity contribution is -0.159.